The van der Waals surface area contributed by atoms with E-state index >= 15 is 0 Å². The molecule has 1 aromatic heterocycles. The number of ether oxygens (including phenoxy) is 2. The van der Waals surface area contributed by atoms with Crippen molar-refractivity contribution in [1.29, 1.82) is 0 Å². The van der Waals surface area contributed by atoms with Gasteiger partial charge >= 0.3 is 0 Å². The number of rotatable bonds is 18. The summed E-state index contributed by atoms with van der Waals surface area (Å²) in [5.41, 5.74) is 6.19. The van der Waals surface area contributed by atoms with Crippen LogP contribution in [0.5, 0.6) is 11.5 Å². The van der Waals surface area contributed by atoms with Gasteiger partial charge in [0.15, 0.2) is 17.5 Å². The molecule has 6 rings (SSSR count). The van der Waals surface area contributed by atoms with E-state index in [1.54, 1.807) is 12.1 Å². The van der Waals surface area contributed by atoms with Gasteiger partial charge in [0.05, 0.1) is 12.2 Å². The highest BCUT2D eigenvalue weighted by atomic mass is 16.5. The summed E-state index contributed by atoms with van der Waals surface area (Å²) in [6.07, 6.45) is 7.71. The van der Waals surface area contributed by atoms with Crippen molar-refractivity contribution >= 4 is 0 Å². The highest BCUT2D eigenvalue weighted by Crippen LogP contribution is 2.37. The molecule has 0 saturated carbocycles. The highest BCUT2D eigenvalue weighted by Gasteiger charge is 2.19. The fourth-order valence-electron chi connectivity index (χ4n) is 6.24. The Kier molecular flexibility index (Phi) is 13.1. The standard InChI is InChI=1S/C45H47N3O4/c1-2-3-4-5-6-7-18-29-51-31-35(49)32-52-36-27-28-41(42(50)30-36)45-47-43(39-25-16-14-23-37(39)33-19-10-8-11-20-33)46-44(48-45)40-26-17-15-24-38(40)34-21-12-9-13-22-34/h8-17,19-28,30,35,49-50H,2-7,18,29,31-32H2,1H3. The minimum atomic E-state index is -0.783. The molecule has 2 N–H and O–H groups in total. The summed E-state index contributed by atoms with van der Waals surface area (Å²) in [6, 6.07) is 41.4. The van der Waals surface area contributed by atoms with Gasteiger partial charge in [-0.3, -0.25) is 0 Å². The van der Waals surface area contributed by atoms with E-state index < -0.39 is 6.10 Å². The molecule has 6 aromatic rings. The smallest absolute Gasteiger partial charge is 0.167 e. The van der Waals surface area contributed by atoms with Crippen LogP contribution in [0.2, 0.25) is 0 Å². The van der Waals surface area contributed by atoms with Gasteiger partial charge in [-0.1, -0.05) is 155 Å². The van der Waals surface area contributed by atoms with Gasteiger partial charge in [-0.05, 0) is 40.8 Å². The number of nitrogens with zero attached hydrogens (tertiary/aromatic N) is 3. The van der Waals surface area contributed by atoms with E-state index in [0.717, 1.165) is 46.2 Å². The quantitative estimate of drug-likeness (QED) is 0.0865. The Hall–Kier alpha value is -5.37. The van der Waals surface area contributed by atoms with E-state index in [9.17, 15) is 10.2 Å². The van der Waals surface area contributed by atoms with Crippen molar-refractivity contribution in [2.45, 2.75) is 58.0 Å². The molecule has 7 nitrogen and oxygen atoms in total. The normalized spacial score (nSPS) is 11.7. The first kappa shape index (κ1) is 36.4. The molecule has 0 aliphatic rings. The molecule has 266 valence electrons. The zero-order valence-electron chi connectivity index (χ0n) is 29.8. The molecule has 5 aromatic carbocycles. The van der Waals surface area contributed by atoms with E-state index in [0.29, 0.717) is 35.4 Å². The average Bonchev–Trinajstić information content (AvgIpc) is 3.20. The number of unbranched alkanes of at least 4 members (excludes halogenated alkanes) is 6. The molecule has 0 aliphatic carbocycles. The topological polar surface area (TPSA) is 97.6 Å². The van der Waals surface area contributed by atoms with Gasteiger partial charge in [-0.15, -0.1) is 0 Å². The van der Waals surface area contributed by atoms with Crippen LogP contribution < -0.4 is 4.74 Å². The lowest BCUT2D eigenvalue weighted by atomic mass is 9.98. The van der Waals surface area contributed by atoms with Gasteiger partial charge in [0.25, 0.3) is 0 Å². The maximum absolute atomic E-state index is 11.3. The molecule has 0 radical (unpaired) electrons. The van der Waals surface area contributed by atoms with Gasteiger partial charge in [0, 0.05) is 23.8 Å². The van der Waals surface area contributed by atoms with Gasteiger partial charge in [-0.25, -0.2) is 15.0 Å². The molecule has 1 atom stereocenters. The second-order valence-electron chi connectivity index (χ2n) is 13.0. The van der Waals surface area contributed by atoms with Gasteiger partial charge in [0.2, 0.25) is 0 Å². The third-order valence-electron chi connectivity index (χ3n) is 9.00. The van der Waals surface area contributed by atoms with E-state index in [2.05, 4.69) is 43.3 Å². The summed E-state index contributed by atoms with van der Waals surface area (Å²) in [5, 5.41) is 21.8. The average molecular weight is 694 g/mol. The third-order valence-corrected chi connectivity index (χ3v) is 9.00. The Morgan fingerprint density at radius 1 is 0.519 bits per heavy atom. The van der Waals surface area contributed by atoms with Gasteiger partial charge in [-0.2, -0.15) is 0 Å². The second-order valence-corrected chi connectivity index (χ2v) is 13.0. The number of phenolic OH excluding ortho intramolecular Hbond substituents is 1. The summed E-state index contributed by atoms with van der Waals surface area (Å²) in [6.45, 7) is 3.10. The van der Waals surface area contributed by atoms with Crippen molar-refractivity contribution in [3.63, 3.8) is 0 Å². The first-order valence-corrected chi connectivity index (χ1v) is 18.4. The highest BCUT2D eigenvalue weighted by molar-refractivity contribution is 5.84. The molecule has 0 bridgehead atoms. The number of aromatic hydroxyl groups is 1. The third kappa shape index (κ3) is 9.69. The summed E-state index contributed by atoms with van der Waals surface area (Å²) < 4.78 is 11.5. The van der Waals surface area contributed by atoms with Crippen LogP contribution in [0.4, 0.5) is 0 Å². The lowest BCUT2D eigenvalue weighted by Gasteiger charge is -2.15. The number of hydrogen-bond donors (Lipinski definition) is 2. The lowest BCUT2D eigenvalue weighted by molar-refractivity contribution is 0.0109. The fraction of sp³-hybridized carbons (Fsp3) is 0.267. The number of aliphatic hydroxyl groups excluding tert-OH is 1. The van der Waals surface area contributed by atoms with Gasteiger partial charge < -0.3 is 19.7 Å². The maximum atomic E-state index is 11.3. The molecular weight excluding hydrogens is 647 g/mol. The van der Waals surface area contributed by atoms with Gasteiger partial charge in [0.1, 0.15) is 24.2 Å². The molecular formula is C45H47N3O4. The predicted molar refractivity (Wildman–Crippen MR) is 209 cm³/mol. The van der Waals surface area contributed by atoms with Crippen molar-refractivity contribution in [3.8, 4) is 67.9 Å². The van der Waals surface area contributed by atoms with Crippen LogP contribution in [0.25, 0.3) is 56.4 Å². The molecule has 0 saturated heterocycles. The van der Waals surface area contributed by atoms with Crippen LogP contribution in [-0.2, 0) is 4.74 Å². The summed E-state index contributed by atoms with van der Waals surface area (Å²) in [4.78, 5) is 14.9. The van der Waals surface area contributed by atoms with Crippen LogP contribution in [0, 0.1) is 0 Å². The lowest BCUT2D eigenvalue weighted by Crippen LogP contribution is -2.23. The monoisotopic (exact) mass is 693 g/mol. The SMILES string of the molecule is CCCCCCCCCOCC(O)COc1ccc(-c2nc(-c3ccccc3-c3ccccc3)nc(-c3ccccc3-c3ccccc3)n2)c(O)c1. The zero-order chi connectivity index (χ0) is 36.0. The minimum absolute atomic E-state index is 0.0436. The molecule has 0 amide bonds. The first-order valence-electron chi connectivity index (χ1n) is 18.4. The largest absolute Gasteiger partial charge is 0.507 e. The van der Waals surface area contributed by atoms with Crippen LogP contribution in [0.15, 0.2) is 127 Å². The molecule has 52 heavy (non-hydrogen) atoms. The van der Waals surface area contributed by atoms with Crippen molar-refractivity contribution in [2.75, 3.05) is 19.8 Å². The Bertz CT molecular complexity index is 1900. The second kappa shape index (κ2) is 18.7. The van der Waals surface area contributed by atoms with Crippen molar-refractivity contribution in [2.24, 2.45) is 0 Å². The fourth-order valence-corrected chi connectivity index (χ4v) is 6.24. The van der Waals surface area contributed by atoms with Crippen LogP contribution in [0.1, 0.15) is 51.9 Å². The van der Waals surface area contributed by atoms with E-state index in [4.69, 9.17) is 24.4 Å². The maximum Gasteiger partial charge on any atom is 0.167 e. The summed E-state index contributed by atoms with van der Waals surface area (Å²) in [5.74, 6) is 1.68. The summed E-state index contributed by atoms with van der Waals surface area (Å²) >= 11 is 0. The Morgan fingerprint density at radius 2 is 1.00 bits per heavy atom. The van der Waals surface area contributed by atoms with Crippen molar-refractivity contribution in [3.05, 3.63) is 127 Å². The van der Waals surface area contributed by atoms with Crippen LogP contribution in [-0.4, -0.2) is 51.1 Å². The molecule has 1 unspecified atom stereocenters. The number of aliphatic hydroxyl groups is 1. The molecule has 1 heterocycles. The molecule has 0 aliphatic heterocycles. The number of hydrogen-bond acceptors (Lipinski definition) is 7. The van der Waals surface area contributed by atoms with Crippen molar-refractivity contribution in [1.82, 2.24) is 15.0 Å². The Labute approximate surface area is 307 Å². The first-order chi connectivity index (χ1) is 25.6. The minimum Gasteiger partial charge on any atom is -0.507 e. The Balaban J connectivity index is 1.24. The number of aromatic nitrogens is 3. The zero-order valence-corrected chi connectivity index (χ0v) is 29.8. The van der Waals surface area contributed by atoms with E-state index in [1.807, 2.05) is 72.8 Å². The molecule has 0 fully saturated rings. The van der Waals surface area contributed by atoms with E-state index in [1.165, 1.54) is 38.2 Å². The number of phenols is 1. The predicted octanol–water partition coefficient (Wildman–Crippen LogP) is 10.4. The van der Waals surface area contributed by atoms with Crippen LogP contribution in [0.3, 0.4) is 0 Å². The van der Waals surface area contributed by atoms with E-state index in [-0.39, 0.29) is 19.0 Å². The Morgan fingerprint density at radius 3 is 1.54 bits per heavy atom. The number of benzene rings is 5. The molecule has 7 heteroatoms. The van der Waals surface area contributed by atoms with Crippen molar-refractivity contribution < 1.29 is 19.7 Å². The summed E-state index contributed by atoms with van der Waals surface area (Å²) in [7, 11) is 0. The van der Waals surface area contributed by atoms with Crippen LogP contribution >= 0.6 is 0 Å². The molecule has 0 spiro atoms.